The van der Waals surface area contributed by atoms with Crippen LogP contribution >= 0.6 is 11.8 Å². The summed E-state index contributed by atoms with van der Waals surface area (Å²) in [6.07, 6.45) is 4.51. The monoisotopic (exact) mass is 364 g/mol. The van der Waals surface area contributed by atoms with Gasteiger partial charge in [0.1, 0.15) is 0 Å². The fraction of sp³-hybridized carbons (Fsp3) is 0.333. The molecule has 3 N–H and O–H groups in total. The van der Waals surface area contributed by atoms with Crippen LogP contribution in [0.15, 0.2) is 52.3 Å². The quantitative estimate of drug-likeness (QED) is 0.374. The summed E-state index contributed by atoms with van der Waals surface area (Å²) in [6.45, 7) is 0.859. The molecule has 0 amide bonds. The highest BCUT2D eigenvalue weighted by Crippen LogP contribution is 2.40. The molecule has 1 unspecified atom stereocenters. The van der Waals surface area contributed by atoms with Gasteiger partial charge >= 0.3 is 0 Å². The third-order valence-electron chi connectivity index (χ3n) is 4.30. The number of hydrogen-bond donors (Lipinski definition) is 4. The van der Waals surface area contributed by atoms with Crippen LogP contribution < -0.4 is 10.0 Å². The molecule has 3 rings (SSSR count). The van der Waals surface area contributed by atoms with E-state index in [4.69, 9.17) is 5.11 Å². The van der Waals surface area contributed by atoms with Crippen molar-refractivity contribution in [1.29, 1.82) is 0 Å². The molecule has 0 saturated heterocycles. The molecule has 24 heavy (non-hydrogen) atoms. The highest BCUT2D eigenvalue weighted by molar-refractivity contribution is 8.03. The van der Waals surface area contributed by atoms with Gasteiger partial charge in [-0.25, -0.2) is 0 Å². The lowest BCUT2D eigenvalue weighted by atomic mass is 9.97. The normalized spacial score (nSPS) is 19.5. The van der Waals surface area contributed by atoms with E-state index in [-0.39, 0.29) is 12.6 Å². The summed E-state index contributed by atoms with van der Waals surface area (Å²) in [5.74, 6) is 0. The van der Waals surface area contributed by atoms with Gasteiger partial charge in [0.2, 0.25) is 0 Å². The molecule has 0 saturated carbocycles. The highest BCUT2D eigenvalue weighted by atomic mass is 32.3. The number of nitrogens with one attached hydrogen (secondary N) is 2. The van der Waals surface area contributed by atoms with Crippen molar-refractivity contribution in [3.05, 3.63) is 53.6 Å². The molecule has 130 valence electrons. The minimum absolute atomic E-state index is 0.0399. The standard InChI is InChI=1S/C18H24N2O2S2/c1-23-13-8-9-15-17(12-13)24(2,22)20-16-7-4-3-6-14(16)18(15)19-10-5-11-21/h3-4,6-9,12,18-19,21,24H,5,10-11H2,1-2H3,(H,20,22). The van der Waals surface area contributed by atoms with Crippen LogP contribution in [0.25, 0.3) is 0 Å². The molecule has 6 heteroatoms. The second-order valence-corrected chi connectivity index (χ2v) is 9.45. The number of thiol groups is 1. The molecule has 1 atom stereocenters. The van der Waals surface area contributed by atoms with Crippen molar-refractivity contribution in [1.82, 2.24) is 5.32 Å². The largest absolute Gasteiger partial charge is 0.396 e. The van der Waals surface area contributed by atoms with E-state index in [2.05, 4.69) is 28.2 Å². The molecule has 0 aliphatic carbocycles. The molecule has 4 nitrogen and oxygen atoms in total. The number of aliphatic hydroxyl groups is 1. The van der Waals surface area contributed by atoms with Crippen molar-refractivity contribution in [2.45, 2.75) is 22.3 Å². The van der Waals surface area contributed by atoms with Gasteiger partial charge in [-0.1, -0.05) is 24.3 Å². The fourth-order valence-electron chi connectivity index (χ4n) is 3.12. The van der Waals surface area contributed by atoms with Gasteiger partial charge in [0.05, 0.1) is 6.04 Å². The maximum atomic E-state index is 13.4. The molecule has 2 aromatic carbocycles. The predicted octanol–water partition coefficient (Wildman–Crippen LogP) is 2.82. The van der Waals surface area contributed by atoms with E-state index in [9.17, 15) is 4.21 Å². The number of benzene rings is 2. The second kappa shape index (κ2) is 7.27. The smallest absolute Gasteiger partial charge is 0.0609 e. The summed E-state index contributed by atoms with van der Waals surface area (Å²) >= 11 is 1.65. The lowest BCUT2D eigenvalue weighted by Crippen LogP contribution is -2.25. The molecule has 0 bridgehead atoms. The van der Waals surface area contributed by atoms with Crippen LogP contribution in [0.2, 0.25) is 0 Å². The van der Waals surface area contributed by atoms with Gasteiger partial charge in [-0.05, 0) is 58.7 Å². The van der Waals surface area contributed by atoms with Crippen LogP contribution in [0.1, 0.15) is 23.6 Å². The molecular weight excluding hydrogens is 340 g/mol. The van der Waals surface area contributed by atoms with Crippen molar-refractivity contribution in [3.63, 3.8) is 0 Å². The molecule has 0 spiro atoms. The van der Waals surface area contributed by atoms with Gasteiger partial charge in [0.25, 0.3) is 0 Å². The summed E-state index contributed by atoms with van der Waals surface area (Å²) in [6, 6.07) is 14.2. The van der Waals surface area contributed by atoms with Crippen LogP contribution in [0.4, 0.5) is 5.69 Å². The number of fused-ring (bicyclic) bond motifs is 2. The number of thioether (sulfide) groups is 1. The third kappa shape index (κ3) is 3.37. The van der Waals surface area contributed by atoms with Crippen LogP contribution in [-0.2, 0) is 10.1 Å². The van der Waals surface area contributed by atoms with Crippen LogP contribution in [0.5, 0.6) is 0 Å². The molecule has 1 heterocycles. The van der Waals surface area contributed by atoms with Gasteiger partial charge < -0.3 is 15.1 Å². The Morgan fingerprint density at radius 2 is 2.04 bits per heavy atom. The van der Waals surface area contributed by atoms with Crippen molar-refractivity contribution < 1.29 is 9.32 Å². The SMILES string of the molecule is CSc1ccc2c(c1)[SH](C)(=O)Nc1ccccc1C2NCCCO. The number of rotatable bonds is 5. The summed E-state index contributed by atoms with van der Waals surface area (Å²) in [7, 11) is -2.72. The van der Waals surface area contributed by atoms with E-state index in [0.717, 1.165) is 26.6 Å². The molecular formula is C18H24N2O2S2. The van der Waals surface area contributed by atoms with E-state index in [0.29, 0.717) is 13.0 Å². The highest BCUT2D eigenvalue weighted by Gasteiger charge is 2.29. The Morgan fingerprint density at radius 3 is 2.79 bits per heavy atom. The van der Waals surface area contributed by atoms with E-state index in [1.165, 1.54) is 0 Å². The molecule has 1 aliphatic rings. The van der Waals surface area contributed by atoms with Crippen LogP contribution in [-0.4, -0.2) is 35.0 Å². The van der Waals surface area contributed by atoms with E-state index < -0.39 is 10.1 Å². The maximum absolute atomic E-state index is 13.4. The average Bonchev–Trinajstić information content (AvgIpc) is 2.67. The Morgan fingerprint density at radius 1 is 1.25 bits per heavy atom. The Balaban J connectivity index is 2.15. The van der Waals surface area contributed by atoms with Gasteiger partial charge in [-0.2, -0.15) is 0 Å². The first-order chi connectivity index (χ1) is 11.6. The Bertz CT molecular complexity index is 779. The van der Waals surface area contributed by atoms with E-state index in [1.54, 1.807) is 18.0 Å². The Hall–Kier alpha value is -1.34. The van der Waals surface area contributed by atoms with Crippen molar-refractivity contribution in [2.24, 2.45) is 0 Å². The van der Waals surface area contributed by atoms with E-state index >= 15 is 0 Å². The minimum Gasteiger partial charge on any atom is -0.396 e. The number of hydrogen-bond acceptors (Lipinski definition) is 4. The van der Waals surface area contributed by atoms with E-state index in [1.807, 2.05) is 30.5 Å². The minimum atomic E-state index is -2.72. The second-order valence-electron chi connectivity index (χ2n) is 6.01. The zero-order chi connectivity index (χ0) is 17.2. The molecule has 0 radical (unpaired) electrons. The van der Waals surface area contributed by atoms with Gasteiger partial charge in [-0.3, -0.25) is 4.21 Å². The lowest BCUT2D eigenvalue weighted by molar-refractivity contribution is 0.284. The molecule has 0 fully saturated rings. The molecule has 1 aliphatic heterocycles. The number of aliphatic hydroxyl groups excluding tert-OH is 1. The molecule has 2 aromatic rings. The van der Waals surface area contributed by atoms with Crippen LogP contribution in [0.3, 0.4) is 0 Å². The van der Waals surface area contributed by atoms with Crippen LogP contribution in [0, 0.1) is 0 Å². The summed E-state index contributed by atoms with van der Waals surface area (Å²) in [4.78, 5) is 1.99. The lowest BCUT2D eigenvalue weighted by Gasteiger charge is -2.24. The Labute approximate surface area is 148 Å². The first-order valence-electron chi connectivity index (χ1n) is 8.04. The fourth-order valence-corrected chi connectivity index (χ4v) is 5.51. The average molecular weight is 365 g/mol. The Kier molecular flexibility index (Phi) is 5.30. The number of para-hydroxylation sites is 1. The summed E-state index contributed by atoms with van der Waals surface area (Å²) < 4.78 is 16.7. The van der Waals surface area contributed by atoms with Crippen molar-refractivity contribution in [3.8, 4) is 0 Å². The third-order valence-corrected chi connectivity index (χ3v) is 7.00. The first-order valence-corrected chi connectivity index (χ1v) is 11.4. The maximum Gasteiger partial charge on any atom is 0.0609 e. The number of anilines is 1. The zero-order valence-electron chi connectivity index (χ0n) is 14.0. The first kappa shape index (κ1) is 17.5. The summed E-state index contributed by atoms with van der Waals surface area (Å²) in [5, 5.41) is 12.6. The molecule has 0 aromatic heterocycles. The van der Waals surface area contributed by atoms with Gasteiger partial charge in [0.15, 0.2) is 0 Å². The summed E-state index contributed by atoms with van der Waals surface area (Å²) in [5.41, 5.74) is 3.05. The topological polar surface area (TPSA) is 61.4 Å². The van der Waals surface area contributed by atoms with Gasteiger partial charge in [0, 0.05) is 28.3 Å². The zero-order valence-corrected chi connectivity index (χ0v) is 15.7. The van der Waals surface area contributed by atoms with Gasteiger partial charge in [-0.15, -0.1) is 11.8 Å². The van der Waals surface area contributed by atoms with Crippen molar-refractivity contribution >= 4 is 27.6 Å². The van der Waals surface area contributed by atoms with Crippen molar-refractivity contribution in [2.75, 3.05) is 30.4 Å². The predicted molar refractivity (Wildman–Crippen MR) is 104 cm³/mol.